The first kappa shape index (κ1) is 42.3. The molecule has 322 valence electrons. The van der Waals surface area contributed by atoms with Crippen LogP contribution in [0.5, 0.6) is 11.5 Å². The zero-order valence-electron chi connectivity index (χ0n) is 35.4. The van der Waals surface area contributed by atoms with Gasteiger partial charge in [0, 0.05) is 85.1 Å². The highest BCUT2D eigenvalue weighted by molar-refractivity contribution is 7.80. The number of amides is 1. The van der Waals surface area contributed by atoms with Crippen LogP contribution in [0.15, 0.2) is 70.8 Å². The number of piperidine rings is 1. The first-order chi connectivity index (χ1) is 29.9. The van der Waals surface area contributed by atoms with E-state index in [1.54, 1.807) is 22.0 Å². The minimum atomic E-state index is -0.468. The van der Waals surface area contributed by atoms with E-state index in [4.69, 9.17) is 16.6 Å². The van der Waals surface area contributed by atoms with Crippen molar-refractivity contribution in [2.75, 3.05) is 45.8 Å². The molecule has 0 spiro atoms. The molecule has 0 radical (unpaired) electrons. The predicted octanol–water partition coefficient (Wildman–Crippen LogP) is 7.76. The van der Waals surface area contributed by atoms with Gasteiger partial charge in [0.25, 0.3) is 0 Å². The Hall–Kier alpha value is -5.06. The number of thiophene rings is 1. The maximum absolute atomic E-state index is 14.1. The molecule has 6 heterocycles. The second kappa shape index (κ2) is 17.6. The number of phenolic OH excluding ortho intramolecular Hbond substituents is 2. The highest BCUT2D eigenvalue weighted by Gasteiger charge is 2.34. The Morgan fingerprint density at radius 2 is 1.56 bits per heavy atom. The third-order valence-electron chi connectivity index (χ3n) is 12.7. The Labute approximate surface area is 376 Å². The van der Waals surface area contributed by atoms with Gasteiger partial charge >= 0.3 is 0 Å². The summed E-state index contributed by atoms with van der Waals surface area (Å²) < 4.78 is 3.91. The summed E-state index contributed by atoms with van der Waals surface area (Å²) in [6, 6.07) is 18.7. The van der Waals surface area contributed by atoms with Crippen LogP contribution in [0.2, 0.25) is 5.02 Å². The fourth-order valence-electron chi connectivity index (χ4n) is 9.07. The summed E-state index contributed by atoms with van der Waals surface area (Å²) in [4.78, 5) is 27.7. The predicted molar refractivity (Wildman–Crippen MR) is 246 cm³/mol. The molecule has 0 aliphatic carbocycles. The molecule has 0 unspecified atom stereocenters. The summed E-state index contributed by atoms with van der Waals surface area (Å²) in [5, 5.41) is 40.6. The number of hydrogen-bond donors (Lipinski definition) is 3. The van der Waals surface area contributed by atoms with Crippen LogP contribution in [-0.2, 0) is 17.8 Å². The second-order valence-electron chi connectivity index (χ2n) is 16.7. The van der Waals surface area contributed by atoms with Gasteiger partial charge in [-0.15, -0.1) is 44.4 Å². The second-order valence-corrected chi connectivity index (χ2v) is 18.7. The number of likely N-dealkylation sites (tertiary alicyclic amines) is 1. The van der Waals surface area contributed by atoms with Crippen molar-refractivity contribution >= 4 is 47.2 Å². The van der Waals surface area contributed by atoms with Crippen molar-refractivity contribution in [1.29, 1.82) is 0 Å². The molecule has 0 saturated carbocycles. The quantitative estimate of drug-likeness (QED) is 0.118. The normalized spacial score (nSPS) is 17.5. The Morgan fingerprint density at radius 1 is 0.855 bits per heavy atom. The van der Waals surface area contributed by atoms with Crippen molar-refractivity contribution in [3.63, 3.8) is 0 Å². The molecule has 3 aromatic heterocycles. The molecule has 3 aliphatic heterocycles. The van der Waals surface area contributed by atoms with E-state index in [2.05, 4.69) is 73.4 Å². The number of aryl methyl sites for hydroxylation is 3. The molecule has 62 heavy (non-hydrogen) atoms. The SMILES string of the molecule is CCc1cc(-c2nnc(S)n2-c2ccc(CN3CCN(CC4CCN(C(=O)C[C@H]5N=C(c6ccc(Cl)cc6)c6c(sc(C)c6C)-n6c(C)nnc65)CC4)CC3)cc2)c(O)cc1O. The number of aliphatic imine (C=N–C) groups is 1. The Bertz CT molecular complexity index is 2640. The average Bonchev–Trinajstić information content (AvgIpc) is 3.91. The van der Waals surface area contributed by atoms with E-state index in [9.17, 15) is 15.0 Å². The zero-order valence-corrected chi connectivity index (χ0v) is 37.9. The number of piperazine rings is 1. The molecule has 2 saturated heterocycles. The molecule has 1 amide bonds. The number of fused-ring (bicyclic) bond motifs is 3. The van der Waals surface area contributed by atoms with Crippen LogP contribution < -0.4 is 0 Å². The van der Waals surface area contributed by atoms with Gasteiger partial charge in [0.05, 0.1) is 17.7 Å². The lowest BCUT2D eigenvalue weighted by atomic mass is 9.95. The van der Waals surface area contributed by atoms with Crippen molar-refractivity contribution in [1.82, 2.24) is 44.2 Å². The van der Waals surface area contributed by atoms with Gasteiger partial charge in [0.1, 0.15) is 28.4 Å². The molecule has 13 nitrogen and oxygen atoms in total. The summed E-state index contributed by atoms with van der Waals surface area (Å²) in [5.41, 5.74) is 7.32. The number of thiol groups is 1. The highest BCUT2D eigenvalue weighted by Crippen LogP contribution is 2.40. The van der Waals surface area contributed by atoms with Crippen molar-refractivity contribution in [2.24, 2.45) is 10.9 Å². The number of hydrogen-bond acceptors (Lipinski definition) is 12. The van der Waals surface area contributed by atoms with Crippen molar-refractivity contribution < 1.29 is 15.0 Å². The van der Waals surface area contributed by atoms with E-state index in [-0.39, 0.29) is 23.8 Å². The largest absolute Gasteiger partial charge is 0.508 e. The topological polar surface area (TPSA) is 141 Å². The molecular weight excluding hydrogens is 840 g/mol. The number of carbonyl (C=O) groups is 1. The number of aromatic nitrogens is 6. The molecule has 3 aliphatic rings. The molecule has 9 rings (SSSR count). The van der Waals surface area contributed by atoms with Crippen molar-refractivity contribution in [3.8, 4) is 33.6 Å². The molecular formula is C46H51ClN10O3S2. The summed E-state index contributed by atoms with van der Waals surface area (Å²) in [6.45, 7) is 15.6. The number of carbonyl (C=O) groups excluding carboxylic acids is 1. The van der Waals surface area contributed by atoms with Crippen LogP contribution in [0.3, 0.4) is 0 Å². The summed E-state index contributed by atoms with van der Waals surface area (Å²) in [7, 11) is 0. The summed E-state index contributed by atoms with van der Waals surface area (Å²) in [5.74, 6) is 2.60. The number of rotatable bonds is 10. The minimum absolute atomic E-state index is 0.0545. The first-order valence-corrected chi connectivity index (χ1v) is 23.0. The maximum Gasteiger partial charge on any atom is 0.225 e. The van der Waals surface area contributed by atoms with E-state index >= 15 is 0 Å². The van der Waals surface area contributed by atoms with Gasteiger partial charge in [-0.1, -0.05) is 42.8 Å². The van der Waals surface area contributed by atoms with E-state index < -0.39 is 6.04 Å². The standard InChI is InChI=1S/C46H51ClN10O3S2/c1-5-32-22-36(39(59)24-38(32)58)43-50-52-46(61)57(43)35-12-6-30(7-13-35)25-53-18-20-54(21-19-53)26-31-14-16-55(17-15-31)40(60)23-37-44-51-49-29(4)56(44)45-41(27(2)28(3)62-45)42(48-37)33-8-10-34(47)11-9-33/h6-13,22,24,31,37,58-59H,5,14-21,23,25-26H2,1-4H3,(H,52,61)/t37-/m1/s1. The van der Waals surface area contributed by atoms with Gasteiger partial charge in [0.2, 0.25) is 5.91 Å². The lowest BCUT2D eigenvalue weighted by Gasteiger charge is -2.39. The highest BCUT2D eigenvalue weighted by atomic mass is 35.5. The number of benzene rings is 3. The van der Waals surface area contributed by atoms with E-state index in [0.717, 1.165) is 98.6 Å². The number of nitrogens with zero attached hydrogens (tertiary/aromatic N) is 10. The van der Waals surface area contributed by atoms with Gasteiger partial charge < -0.3 is 20.0 Å². The van der Waals surface area contributed by atoms with E-state index in [1.807, 2.05) is 55.1 Å². The average molecular weight is 892 g/mol. The van der Waals surface area contributed by atoms with Crippen LogP contribution in [0, 0.1) is 26.7 Å². The molecule has 3 aromatic carbocycles. The smallest absolute Gasteiger partial charge is 0.225 e. The maximum atomic E-state index is 14.1. The van der Waals surface area contributed by atoms with E-state index in [1.165, 1.54) is 22.1 Å². The summed E-state index contributed by atoms with van der Waals surface area (Å²) in [6.07, 6.45) is 2.82. The monoisotopic (exact) mass is 890 g/mol. The van der Waals surface area contributed by atoms with E-state index in [0.29, 0.717) is 45.3 Å². The Kier molecular flexibility index (Phi) is 12.0. The van der Waals surface area contributed by atoms with Crippen LogP contribution in [0.25, 0.3) is 22.1 Å². The zero-order chi connectivity index (χ0) is 43.2. The van der Waals surface area contributed by atoms with Crippen LogP contribution in [0.4, 0.5) is 0 Å². The van der Waals surface area contributed by atoms with Gasteiger partial charge in [0.15, 0.2) is 16.8 Å². The van der Waals surface area contributed by atoms with Crippen molar-refractivity contribution in [3.05, 3.63) is 110 Å². The number of halogens is 1. The molecule has 1 atom stereocenters. The lowest BCUT2D eigenvalue weighted by Crippen LogP contribution is -2.48. The van der Waals surface area contributed by atoms with Crippen molar-refractivity contribution in [2.45, 2.75) is 71.1 Å². The van der Waals surface area contributed by atoms with Crippen LogP contribution in [0.1, 0.15) is 76.6 Å². The molecule has 2 fully saturated rings. The van der Waals surface area contributed by atoms with Gasteiger partial charge in [-0.25, -0.2) is 0 Å². The lowest BCUT2D eigenvalue weighted by molar-refractivity contribution is -0.133. The molecule has 6 aromatic rings. The molecule has 2 N–H and O–H groups in total. The van der Waals surface area contributed by atoms with Gasteiger partial charge in [-0.05, 0) is 93.0 Å². The third kappa shape index (κ3) is 8.28. The van der Waals surface area contributed by atoms with Crippen LogP contribution in [-0.4, -0.2) is 112 Å². The Morgan fingerprint density at radius 3 is 2.27 bits per heavy atom. The van der Waals surface area contributed by atoms with Gasteiger partial charge in [-0.3, -0.25) is 23.8 Å². The Balaban J connectivity index is 0.787. The van der Waals surface area contributed by atoms with Gasteiger partial charge in [-0.2, -0.15) is 0 Å². The first-order valence-electron chi connectivity index (χ1n) is 21.3. The van der Waals surface area contributed by atoms with Crippen LogP contribution >= 0.6 is 35.6 Å². The number of aromatic hydroxyl groups is 2. The summed E-state index contributed by atoms with van der Waals surface area (Å²) >= 11 is 12.6. The minimum Gasteiger partial charge on any atom is -0.508 e. The number of phenols is 2. The fraction of sp³-hybridized carbons (Fsp3) is 0.391. The molecule has 16 heteroatoms. The third-order valence-corrected chi connectivity index (χ3v) is 14.5. The fourth-order valence-corrected chi connectivity index (χ4v) is 10.7. The molecule has 0 bridgehead atoms.